The number of ether oxygens (including phenoxy) is 1. The molecular formula is C18H26N2O5. The van der Waals surface area contributed by atoms with Gasteiger partial charge in [0.2, 0.25) is 11.8 Å². The van der Waals surface area contributed by atoms with Crippen LogP contribution in [-0.2, 0) is 20.8 Å². The standard InChI is InChI=1S/C18H26N2O5/c1-18(2,3)20-17(24)14(9-10-16(22)23)19-15(21)11-12-5-7-13(25-4)8-6-12/h5-8,14H,9-11H2,1-4H3,(H,19,21)(H,20,24)(H,22,23)/t14-/m0/s1. The molecule has 1 rings (SSSR count). The Labute approximate surface area is 147 Å². The summed E-state index contributed by atoms with van der Waals surface area (Å²) in [6.45, 7) is 5.45. The zero-order valence-corrected chi connectivity index (χ0v) is 15.1. The first-order valence-corrected chi connectivity index (χ1v) is 8.07. The molecule has 1 aromatic rings. The fourth-order valence-electron chi connectivity index (χ4n) is 2.17. The molecule has 7 nitrogen and oxygen atoms in total. The van der Waals surface area contributed by atoms with Crippen LogP contribution >= 0.6 is 0 Å². The van der Waals surface area contributed by atoms with Gasteiger partial charge in [0.15, 0.2) is 0 Å². The number of benzene rings is 1. The largest absolute Gasteiger partial charge is 0.497 e. The molecule has 2 amide bonds. The van der Waals surface area contributed by atoms with Gasteiger partial charge < -0.3 is 20.5 Å². The van der Waals surface area contributed by atoms with Crippen LogP contribution in [0.25, 0.3) is 0 Å². The van der Waals surface area contributed by atoms with Gasteiger partial charge in [0.1, 0.15) is 11.8 Å². The van der Waals surface area contributed by atoms with E-state index in [9.17, 15) is 14.4 Å². The van der Waals surface area contributed by atoms with Crippen molar-refractivity contribution in [1.29, 1.82) is 0 Å². The molecule has 0 fully saturated rings. The van der Waals surface area contributed by atoms with Crippen molar-refractivity contribution in [2.24, 2.45) is 0 Å². The third-order valence-corrected chi connectivity index (χ3v) is 3.32. The highest BCUT2D eigenvalue weighted by Crippen LogP contribution is 2.12. The Morgan fingerprint density at radius 2 is 1.76 bits per heavy atom. The number of rotatable bonds is 8. The van der Waals surface area contributed by atoms with Gasteiger partial charge in [-0.15, -0.1) is 0 Å². The number of aliphatic carboxylic acids is 1. The number of hydrogen-bond acceptors (Lipinski definition) is 4. The highest BCUT2D eigenvalue weighted by molar-refractivity contribution is 5.89. The number of carboxylic acids is 1. The van der Waals surface area contributed by atoms with Crippen molar-refractivity contribution >= 4 is 17.8 Å². The Morgan fingerprint density at radius 1 is 1.16 bits per heavy atom. The van der Waals surface area contributed by atoms with Crippen LogP contribution in [0.5, 0.6) is 5.75 Å². The molecule has 25 heavy (non-hydrogen) atoms. The monoisotopic (exact) mass is 350 g/mol. The molecule has 0 saturated carbocycles. The van der Waals surface area contributed by atoms with E-state index in [0.29, 0.717) is 5.75 Å². The minimum atomic E-state index is -1.02. The van der Waals surface area contributed by atoms with Gasteiger partial charge in [-0.3, -0.25) is 14.4 Å². The molecule has 0 radical (unpaired) electrons. The predicted octanol–water partition coefficient (Wildman–Crippen LogP) is 1.50. The van der Waals surface area contributed by atoms with E-state index in [4.69, 9.17) is 9.84 Å². The Bertz CT molecular complexity index is 605. The molecule has 0 saturated heterocycles. The second-order valence-corrected chi connectivity index (χ2v) is 6.82. The van der Waals surface area contributed by atoms with Gasteiger partial charge in [0.05, 0.1) is 13.5 Å². The SMILES string of the molecule is COc1ccc(CC(=O)N[C@@H](CCC(=O)O)C(=O)NC(C)(C)C)cc1. The highest BCUT2D eigenvalue weighted by atomic mass is 16.5. The number of carboxylic acid groups (broad SMARTS) is 1. The summed E-state index contributed by atoms with van der Waals surface area (Å²) in [5, 5.41) is 14.2. The zero-order valence-electron chi connectivity index (χ0n) is 15.1. The van der Waals surface area contributed by atoms with Crippen LogP contribution in [0.15, 0.2) is 24.3 Å². The lowest BCUT2D eigenvalue weighted by Crippen LogP contribution is -2.52. The summed E-state index contributed by atoms with van der Waals surface area (Å²) in [6.07, 6.45) is -0.0764. The van der Waals surface area contributed by atoms with Crippen molar-refractivity contribution in [3.63, 3.8) is 0 Å². The first-order valence-electron chi connectivity index (χ1n) is 8.07. The maximum atomic E-state index is 12.3. The third kappa shape index (κ3) is 8.19. The van der Waals surface area contributed by atoms with Gasteiger partial charge in [-0.1, -0.05) is 12.1 Å². The average Bonchev–Trinajstić information content (AvgIpc) is 2.50. The molecular weight excluding hydrogens is 324 g/mol. The first kappa shape index (κ1) is 20.5. The van der Waals surface area contributed by atoms with Crippen LogP contribution < -0.4 is 15.4 Å². The van der Waals surface area contributed by atoms with Crippen LogP contribution in [0.3, 0.4) is 0 Å². The van der Waals surface area contributed by atoms with Crippen molar-refractivity contribution < 1.29 is 24.2 Å². The van der Waals surface area contributed by atoms with E-state index in [-0.39, 0.29) is 25.2 Å². The first-order chi connectivity index (χ1) is 11.6. The Morgan fingerprint density at radius 3 is 2.24 bits per heavy atom. The van der Waals surface area contributed by atoms with Crippen molar-refractivity contribution in [2.75, 3.05) is 7.11 Å². The number of carbonyl (C=O) groups excluding carboxylic acids is 2. The van der Waals surface area contributed by atoms with E-state index >= 15 is 0 Å². The maximum absolute atomic E-state index is 12.3. The number of carbonyl (C=O) groups is 3. The van der Waals surface area contributed by atoms with Crippen molar-refractivity contribution in [2.45, 2.75) is 51.6 Å². The molecule has 138 valence electrons. The molecule has 1 aromatic carbocycles. The predicted molar refractivity (Wildman–Crippen MR) is 93.4 cm³/mol. The smallest absolute Gasteiger partial charge is 0.303 e. The van der Waals surface area contributed by atoms with Gasteiger partial charge in [-0.2, -0.15) is 0 Å². The van der Waals surface area contributed by atoms with E-state index in [1.54, 1.807) is 31.4 Å². The second kappa shape index (κ2) is 9.05. The Kier molecular flexibility index (Phi) is 7.42. The number of methoxy groups -OCH3 is 1. The summed E-state index contributed by atoms with van der Waals surface area (Å²) in [5.41, 5.74) is 0.297. The average molecular weight is 350 g/mol. The number of amides is 2. The van der Waals surface area contributed by atoms with Crippen LogP contribution in [0.2, 0.25) is 0 Å². The van der Waals surface area contributed by atoms with Crippen LogP contribution in [0.1, 0.15) is 39.2 Å². The van der Waals surface area contributed by atoms with Crippen molar-refractivity contribution in [3.05, 3.63) is 29.8 Å². The normalized spacial score (nSPS) is 12.2. The van der Waals surface area contributed by atoms with Gasteiger partial charge in [-0.25, -0.2) is 0 Å². The molecule has 0 aliphatic heterocycles. The van der Waals surface area contributed by atoms with E-state index in [1.807, 2.05) is 20.8 Å². The van der Waals surface area contributed by atoms with E-state index < -0.39 is 23.5 Å². The summed E-state index contributed by atoms with van der Waals surface area (Å²) >= 11 is 0. The van der Waals surface area contributed by atoms with Crippen LogP contribution in [0.4, 0.5) is 0 Å². The van der Waals surface area contributed by atoms with E-state index in [1.165, 1.54) is 0 Å². The molecule has 1 atom stereocenters. The molecule has 0 heterocycles. The van der Waals surface area contributed by atoms with E-state index in [2.05, 4.69) is 10.6 Å². The third-order valence-electron chi connectivity index (χ3n) is 3.32. The molecule has 0 aliphatic carbocycles. The Balaban J connectivity index is 2.71. The van der Waals surface area contributed by atoms with E-state index in [0.717, 1.165) is 5.56 Å². The van der Waals surface area contributed by atoms with Crippen LogP contribution in [0, 0.1) is 0 Å². The minimum absolute atomic E-state index is 0.0333. The van der Waals surface area contributed by atoms with Crippen molar-refractivity contribution in [1.82, 2.24) is 10.6 Å². The molecule has 0 spiro atoms. The van der Waals surface area contributed by atoms with Gasteiger partial charge in [-0.05, 0) is 44.9 Å². The van der Waals surface area contributed by atoms with Gasteiger partial charge >= 0.3 is 5.97 Å². The lowest BCUT2D eigenvalue weighted by Gasteiger charge is -2.25. The Hall–Kier alpha value is -2.57. The lowest BCUT2D eigenvalue weighted by molar-refractivity contribution is -0.138. The fraction of sp³-hybridized carbons (Fsp3) is 0.500. The fourth-order valence-corrected chi connectivity index (χ4v) is 2.17. The number of nitrogens with one attached hydrogen (secondary N) is 2. The molecule has 0 bridgehead atoms. The lowest BCUT2D eigenvalue weighted by atomic mass is 10.1. The van der Waals surface area contributed by atoms with Crippen molar-refractivity contribution in [3.8, 4) is 5.75 Å². The van der Waals surface area contributed by atoms with Gasteiger partial charge in [0.25, 0.3) is 0 Å². The summed E-state index contributed by atoms with van der Waals surface area (Å²) in [7, 11) is 1.56. The molecule has 3 N–H and O–H groups in total. The van der Waals surface area contributed by atoms with Crippen LogP contribution in [-0.4, -0.2) is 41.6 Å². The summed E-state index contributed by atoms with van der Waals surface area (Å²) in [4.78, 5) is 35.3. The summed E-state index contributed by atoms with van der Waals surface area (Å²) in [5.74, 6) is -1.06. The maximum Gasteiger partial charge on any atom is 0.303 e. The topological polar surface area (TPSA) is 105 Å². The number of hydrogen-bond donors (Lipinski definition) is 3. The molecule has 0 aromatic heterocycles. The molecule has 7 heteroatoms. The zero-order chi connectivity index (χ0) is 19.0. The summed E-state index contributed by atoms with van der Waals surface area (Å²) in [6, 6.07) is 6.13. The summed E-state index contributed by atoms with van der Waals surface area (Å²) < 4.78 is 5.06. The highest BCUT2D eigenvalue weighted by Gasteiger charge is 2.25. The minimum Gasteiger partial charge on any atom is -0.497 e. The molecule has 0 aliphatic rings. The quantitative estimate of drug-likeness (QED) is 0.659. The second-order valence-electron chi connectivity index (χ2n) is 6.82. The van der Waals surface area contributed by atoms with Gasteiger partial charge in [0, 0.05) is 12.0 Å². The molecule has 0 unspecified atom stereocenters.